The number of hydrogen-bond acceptors (Lipinski definition) is 16. The van der Waals surface area contributed by atoms with Gasteiger partial charge in [0.15, 0.2) is 0 Å². The summed E-state index contributed by atoms with van der Waals surface area (Å²) in [6.07, 6.45) is 3.82. The van der Waals surface area contributed by atoms with E-state index in [1.165, 1.54) is 0 Å². The van der Waals surface area contributed by atoms with Gasteiger partial charge in [-0.2, -0.15) is 0 Å². The second-order valence-corrected chi connectivity index (χ2v) is 32.6. The van der Waals surface area contributed by atoms with Gasteiger partial charge in [0.05, 0.1) is 0 Å². The Morgan fingerprint density at radius 3 is 0.673 bits per heavy atom. The molecular weight excluding hydrogens is 869 g/mol. The van der Waals surface area contributed by atoms with E-state index in [2.05, 4.69) is 13.1 Å². The third kappa shape index (κ3) is 25.5. The minimum absolute atomic E-state index is 0.518. The highest BCUT2D eigenvalue weighted by atomic mass is 33.1. The first-order valence-electron chi connectivity index (χ1n) is 20.7. The van der Waals surface area contributed by atoms with Crippen LogP contribution in [0.3, 0.4) is 0 Å². The molecule has 0 bridgehead atoms. The Balaban J connectivity index is 5.24. The van der Waals surface area contributed by atoms with Crippen LogP contribution in [0, 0.1) is 0 Å². The summed E-state index contributed by atoms with van der Waals surface area (Å²) in [7, 11) is -6.58. The van der Waals surface area contributed by atoms with E-state index in [0.717, 1.165) is 72.9 Å². The second-order valence-electron chi connectivity index (χ2n) is 12.4. The van der Waals surface area contributed by atoms with Crippen molar-refractivity contribution in [1.29, 1.82) is 0 Å². The Labute approximate surface area is 358 Å². The van der Waals surface area contributed by atoms with Gasteiger partial charge in [-0.1, -0.05) is 43.2 Å². The largest absolute Gasteiger partial charge is 0.500 e. The normalized spacial score (nSPS) is 13.3. The van der Waals surface area contributed by atoms with Crippen LogP contribution in [-0.2, 0) is 52.5 Å². The van der Waals surface area contributed by atoms with Crippen LogP contribution in [0.4, 0.5) is 0 Å². The van der Waals surface area contributed by atoms with Gasteiger partial charge in [-0.25, -0.2) is 0 Å². The summed E-state index contributed by atoms with van der Waals surface area (Å²) in [6, 6.07) is 3.13. The Kier molecular flexibility index (Phi) is 35.8. The molecule has 0 saturated heterocycles. The van der Waals surface area contributed by atoms with Crippen LogP contribution < -0.4 is 0 Å². The maximum absolute atomic E-state index is 6.95. The highest BCUT2D eigenvalue weighted by Crippen LogP contribution is 2.33. The molecule has 0 radical (unpaired) electrons. The molecule has 0 N–H and O–H groups in total. The molecule has 0 aromatic rings. The molecule has 0 aliphatic rings. The van der Waals surface area contributed by atoms with Crippen molar-refractivity contribution in [3.8, 4) is 0 Å². The van der Waals surface area contributed by atoms with E-state index in [9.17, 15) is 0 Å². The molecule has 332 valence electrons. The minimum atomic E-state index is -3.04. The van der Waals surface area contributed by atoms with Gasteiger partial charge in [-0.3, -0.25) is 0 Å². The minimum Gasteiger partial charge on any atom is -0.394 e. The van der Waals surface area contributed by atoms with E-state index in [1.54, 1.807) is 0 Å². The van der Waals surface area contributed by atoms with Crippen LogP contribution >= 0.6 is 43.2 Å². The Morgan fingerprint density at radius 1 is 0.291 bits per heavy atom. The van der Waals surface area contributed by atoms with E-state index in [1.807, 2.05) is 112 Å². The molecule has 0 rings (SSSR count). The molecule has 0 aliphatic carbocycles. The van der Waals surface area contributed by atoms with Crippen molar-refractivity contribution in [2.24, 2.45) is 0 Å². The lowest BCUT2D eigenvalue weighted by Crippen LogP contribution is -2.60. The maximum atomic E-state index is 6.95. The molecule has 0 aromatic carbocycles. The zero-order chi connectivity index (χ0) is 41.4. The van der Waals surface area contributed by atoms with E-state index < -0.39 is 43.8 Å². The van der Waals surface area contributed by atoms with Crippen molar-refractivity contribution in [2.75, 3.05) is 89.1 Å². The van der Waals surface area contributed by atoms with Crippen molar-refractivity contribution in [3.05, 3.63) is 0 Å². The average molecular weight is 950 g/mol. The highest BCUT2D eigenvalue weighted by molar-refractivity contribution is 8.77. The van der Waals surface area contributed by atoms with Gasteiger partial charge >= 0.3 is 43.8 Å². The quantitative estimate of drug-likeness (QED) is 0.0329. The molecule has 0 fully saturated rings. The predicted molar refractivity (Wildman–Crippen MR) is 246 cm³/mol. The van der Waals surface area contributed by atoms with Gasteiger partial charge in [0, 0.05) is 113 Å². The van der Waals surface area contributed by atoms with Crippen LogP contribution in [0.15, 0.2) is 0 Å². The lowest BCUT2D eigenvalue weighted by Gasteiger charge is -2.40. The fraction of sp³-hybridized carbons (Fsp3) is 1.00. The van der Waals surface area contributed by atoms with Gasteiger partial charge in [0.25, 0.3) is 0 Å². The lowest BCUT2D eigenvalue weighted by atomic mass is 10.6. The molecule has 12 nitrogen and oxygen atoms in total. The molecule has 0 spiro atoms. The molecular formula is C34H80O12S4Si5. The van der Waals surface area contributed by atoms with Gasteiger partial charge in [0.1, 0.15) is 0 Å². The smallest absolute Gasteiger partial charge is 0.394 e. The topological polar surface area (TPSA) is 111 Å². The Bertz CT molecular complexity index is 786. The van der Waals surface area contributed by atoms with E-state index in [-0.39, 0.29) is 0 Å². The number of hydrogen-bond donors (Lipinski definition) is 0. The van der Waals surface area contributed by atoms with Gasteiger partial charge < -0.3 is 52.5 Å². The summed E-state index contributed by atoms with van der Waals surface area (Å²) < 4.78 is 75.6. The predicted octanol–water partition coefficient (Wildman–Crippen LogP) is 10.2. The van der Waals surface area contributed by atoms with Crippen LogP contribution in [0.25, 0.3) is 0 Å². The SMILES string of the molecule is CCO[Si](CCCSSCCC[Si](OCC)(OCC)O[Si](C)(C)O[Si](CCCSSCCC[Si](OCC)(OCC)OCC)(OCC)OCC)(OCC)OCC. The number of rotatable bonds is 42. The maximum Gasteiger partial charge on any atom is 0.500 e. The third-order valence-corrected chi connectivity index (χ3v) is 30.2. The lowest BCUT2D eigenvalue weighted by molar-refractivity contribution is 0.0704. The monoisotopic (exact) mass is 948 g/mol. The Morgan fingerprint density at radius 2 is 0.473 bits per heavy atom. The standard InChI is InChI=1S/C34H80O12S4Si5/c1-13-35-52(36-14-2,37-15-3)31-23-27-47-49-29-25-33-54(41-19-7,42-20-8)45-51(11,12)46-55(43-21-9,44-22-10)34-26-30-50-48-28-24-32-53(38-16-4,39-17-5)40-18-6/h13-34H2,1-12H3. The van der Waals surface area contributed by atoms with E-state index in [0.29, 0.717) is 66.1 Å². The van der Waals surface area contributed by atoms with E-state index in [4.69, 9.17) is 52.5 Å². The summed E-state index contributed by atoms with van der Waals surface area (Å²) in [4.78, 5) is 0. The van der Waals surface area contributed by atoms with Crippen molar-refractivity contribution >= 4 is 87.0 Å². The summed E-state index contributed by atoms with van der Waals surface area (Å²) in [5.41, 5.74) is 0. The van der Waals surface area contributed by atoms with Crippen LogP contribution in [0.2, 0.25) is 37.3 Å². The van der Waals surface area contributed by atoms with Crippen LogP contribution in [-0.4, -0.2) is 133 Å². The highest BCUT2D eigenvalue weighted by Gasteiger charge is 2.52. The third-order valence-electron chi connectivity index (χ3n) is 7.45. The molecule has 0 atom stereocenters. The van der Waals surface area contributed by atoms with Gasteiger partial charge in [-0.15, -0.1) is 0 Å². The molecule has 0 saturated carbocycles. The second kappa shape index (κ2) is 34.6. The Hall–Kier alpha value is 2.00. The van der Waals surface area contributed by atoms with Gasteiger partial charge in [0.2, 0.25) is 0 Å². The first-order valence-corrected chi connectivity index (χ1v) is 36.2. The van der Waals surface area contributed by atoms with Crippen LogP contribution in [0.1, 0.15) is 94.9 Å². The average Bonchev–Trinajstić information content (AvgIpc) is 3.11. The first kappa shape index (κ1) is 57.0. The molecule has 21 heteroatoms. The summed E-state index contributed by atoms with van der Waals surface area (Å²) in [5, 5.41) is 0. The summed E-state index contributed by atoms with van der Waals surface area (Å²) in [5.74, 6) is 3.96. The molecule has 0 amide bonds. The van der Waals surface area contributed by atoms with Crippen molar-refractivity contribution in [1.82, 2.24) is 0 Å². The molecule has 0 heterocycles. The van der Waals surface area contributed by atoms with Crippen molar-refractivity contribution in [2.45, 2.75) is 132 Å². The zero-order valence-electron chi connectivity index (χ0n) is 36.6. The zero-order valence-corrected chi connectivity index (χ0v) is 44.9. The summed E-state index contributed by atoms with van der Waals surface area (Å²) in [6.45, 7) is 29.9. The molecule has 55 heavy (non-hydrogen) atoms. The summed E-state index contributed by atoms with van der Waals surface area (Å²) >= 11 is 0. The van der Waals surface area contributed by atoms with Crippen LogP contribution in [0.5, 0.6) is 0 Å². The molecule has 0 aliphatic heterocycles. The first-order chi connectivity index (χ1) is 26.4. The molecule has 0 aromatic heterocycles. The van der Waals surface area contributed by atoms with Crippen molar-refractivity contribution in [3.63, 3.8) is 0 Å². The van der Waals surface area contributed by atoms with Gasteiger partial charge in [-0.05, 0) is 108 Å². The van der Waals surface area contributed by atoms with Crippen molar-refractivity contribution < 1.29 is 52.5 Å². The molecule has 0 unspecified atom stereocenters. The fourth-order valence-corrected chi connectivity index (χ4v) is 28.5. The van der Waals surface area contributed by atoms with E-state index >= 15 is 0 Å². The fourth-order valence-electron chi connectivity index (χ4n) is 5.87.